The van der Waals surface area contributed by atoms with Crippen LogP contribution in [-0.2, 0) is 0 Å². The molecule has 0 radical (unpaired) electrons. The normalized spacial score (nSPS) is 13.1. The van der Waals surface area contributed by atoms with Gasteiger partial charge in [0.05, 0.1) is 5.69 Å². The van der Waals surface area contributed by atoms with E-state index in [1.807, 2.05) is 26.1 Å². The van der Waals surface area contributed by atoms with Crippen molar-refractivity contribution in [3.05, 3.63) is 29.6 Å². The highest BCUT2D eigenvalue weighted by atomic mass is 32.1. The fraction of sp³-hybridized carbons (Fsp3) is 0.375. The molecule has 0 amide bonds. The first-order valence-electron chi connectivity index (χ1n) is 3.31. The van der Waals surface area contributed by atoms with Crippen LogP contribution in [-0.4, -0.2) is 4.98 Å². The molecule has 1 unspecified atom stereocenters. The van der Waals surface area contributed by atoms with Crippen molar-refractivity contribution in [1.82, 2.24) is 4.98 Å². The van der Waals surface area contributed by atoms with Crippen molar-refractivity contribution >= 4 is 12.6 Å². The number of aryl methyl sites for hydroxylation is 1. The molecule has 0 bridgehead atoms. The van der Waals surface area contributed by atoms with E-state index < -0.39 is 0 Å². The number of pyridine rings is 1. The molecule has 54 valence electrons. The molecule has 2 heteroatoms. The van der Waals surface area contributed by atoms with Gasteiger partial charge < -0.3 is 0 Å². The molecule has 0 aliphatic carbocycles. The minimum absolute atomic E-state index is 0.237. The fourth-order valence-electron chi connectivity index (χ4n) is 0.726. The van der Waals surface area contributed by atoms with E-state index in [1.54, 1.807) is 0 Å². The van der Waals surface area contributed by atoms with E-state index in [-0.39, 0.29) is 5.25 Å². The molecule has 0 aliphatic heterocycles. The Morgan fingerprint density at radius 1 is 1.50 bits per heavy atom. The Morgan fingerprint density at radius 3 is 2.60 bits per heavy atom. The minimum Gasteiger partial charge on any atom is -0.260 e. The summed E-state index contributed by atoms with van der Waals surface area (Å²) in [4.78, 5) is 4.20. The first-order valence-corrected chi connectivity index (χ1v) is 3.82. The molecular formula is C8H11NS. The Kier molecular flexibility index (Phi) is 2.33. The summed E-state index contributed by atoms with van der Waals surface area (Å²) in [5, 5.41) is 0.237. The van der Waals surface area contributed by atoms with Crippen molar-refractivity contribution in [2.45, 2.75) is 19.1 Å². The van der Waals surface area contributed by atoms with E-state index in [1.165, 1.54) is 5.56 Å². The zero-order valence-corrected chi connectivity index (χ0v) is 7.10. The van der Waals surface area contributed by atoms with Crippen LogP contribution in [0, 0.1) is 6.92 Å². The Bertz CT molecular complexity index is 203. The quantitative estimate of drug-likeness (QED) is 0.611. The van der Waals surface area contributed by atoms with Crippen LogP contribution in [0.5, 0.6) is 0 Å². The molecule has 10 heavy (non-hydrogen) atoms. The third kappa shape index (κ3) is 1.74. The number of thiol groups is 1. The van der Waals surface area contributed by atoms with E-state index in [0.29, 0.717) is 0 Å². The zero-order chi connectivity index (χ0) is 7.56. The second kappa shape index (κ2) is 3.06. The van der Waals surface area contributed by atoms with Crippen LogP contribution in [0.1, 0.15) is 23.4 Å². The van der Waals surface area contributed by atoms with Gasteiger partial charge in [0.2, 0.25) is 0 Å². The predicted octanol–water partition coefficient (Wildman–Crippen LogP) is 2.38. The fourth-order valence-corrected chi connectivity index (χ4v) is 0.879. The number of hydrogen-bond acceptors (Lipinski definition) is 2. The average Bonchev–Trinajstić information content (AvgIpc) is 1.88. The van der Waals surface area contributed by atoms with Crippen LogP contribution in [0.15, 0.2) is 18.3 Å². The van der Waals surface area contributed by atoms with Crippen LogP contribution >= 0.6 is 12.6 Å². The van der Waals surface area contributed by atoms with Crippen LogP contribution in [0.3, 0.4) is 0 Å². The van der Waals surface area contributed by atoms with Gasteiger partial charge in [-0.25, -0.2) is 0 Å². The van der Waals surface area contributed by atoms with Crippen LogP contribution in [0.25, 0.3) is 0 Å². The number of hydrogen-bond donors (Lipinski definition) is 1. The van der Waals surface area contributed by atoms with Gasteiger partial charge in [-0.2, -0.15) is 12.6 Å². The molecule has 0 saturated heterocycles. The Balaban J connectivity index is 2.89. The van der Waals surface area contributed by atoms with Crippen LogP contribution in [0.2, 0.25) is 0 Å². The molecule has 1 atom stereocenters. The van der Waals surface area contributed by atoms with Crippen molar-refractivity contribution in [1.29, 1.82) is 0 Å². The number of rotatable bonds is 1. The predicted molar refractivity (Wildman–Crippen MR) is 46.4 cm³/mol. The Morgan fingerprint density at radius 2 is 2.20 bits per heavy atom. The highest BCUT2D eigenvalue weighted by Crippen LogP contribution is 2.15. The van der Waals surface area contributed by atoms with Gasteiger partial charge in [-0.05, 0) is 25.5 Å². The summed E-state index contributed by atoms with van der Waals surface area (Å²) in [6, 6.07) is 4.06. The van der Waals surface area contributed by atoms with E-state index in [0.717, 1.165) is 5.69 Å². The summed E-state index contributed by atoms with van der Waals surface area (Å²) in [6.07, 6.45) is 1.86. The maximum absolute atomic E-state index is 4.26. The standard InChI is InChI=1S/C8H11NS/c1-6-3-4-8(7(2)10)9-5-6/h3-5,7,10H,1-2H3. The van der Waals surface area contributed by atoms with Crippen molar-refractivity contribution in [2.24, 2.45) is 0 Å². The summed E-state index contributed by atoms with van der Waals surface area (Å²) >= 11 is 4.26. The van der Waals surface area contributed by atoms with E-state index in [4.69, 9.17) is 0 Å². The first kappa shape index (κ1) is 7.61. The molecule has 1 aromatic heterocycles. The molecule has 0 aromatic carbocycles. The lowest BCUT2D eigenvalue weighted by atomic mass is 10.2. The molecule has 1 aromatic rings. The summed E-state index contributed by atoms with van der Waals surface area (Å²) in [7, 11) is 0. The highest BCUT2D eigenvalue weighted by molar-refractivity contribution is 7.80. The second-order valence-electron chi connectivity index (χ2n) is 2.44. The molecular weight excluding hydrogens is 142 g/mol. The SMILES string of the molecule is Cc1ccc(C(C)S)nc1. The van der Waals surface area contributed by atoms with Gasteiger partial charge in [0.15, 0.2) is 0 Å². The summed E-state index contributed by atoms with van der Waals surface area (Å²) in [5.74, 6) is 0. The third-order valence-electron chi connectivity index (χ3n) is 1.36. The van der Waals surface area contributed by atoms with Crippen LogP contribution < -0.4 is 0 Å². The molecule has 1 nitrogen and oxygen atoms in total. The van der Waals surface area contributed by atoms with Crippen molar-refractivity contribution in [2.75, 3.05) is 0 Å². The summed E-state index contributed by atoms with van der Waals surface area (Å²) in [6.45, 7) is 4.04. The van der Waals surface area contributed by atoms with E-state index >= 15 is 0 Å². The maximum Gasteiger partial charge on any atom is 0.0528 e. The Hall–Kier alpha value is -0.500. The van der Waals surface area contributed by atoms with Crippen molar-refractivity contribution in [3.8, 4) is 0 Å². The van der Waals surface area contributed by atoms with Gasteiger partial charge in [0.1, 0.15) is 0 Å². The number of nitrogens with zero attached hydrogens (tertiary/aromatic N) is 1. The lowest BCUT2D eigenvalue weighted by Gasteiger charge is -2.01. The molecule has 0 aliphatic rings. The Labute approximate surface area is 66.9 Å². The minimum atomic E-state index is 0.237. The maximum atomic E-state index is 4.26. The van der Waals surface area contributed by atoms with Crippen molar-refractivity contribution in [3.63, 3.8) is 0 Å². The zero-order valence-electron chi connectivity index (χ0n) is 6.20. The lowest BCUT2D eigenvalue weighted by molar-refractivity contribution is 1.01. The topological polar surface area (TPSA) is 12.9 Å². The average molecular weight is 153 g/mol. The van der Waals surface area contributed by atoms with Gasteiger partial charge >= 0.3 is 0 Å². The van der Waals surface area contributed by atoms with Gasteiger partial charge in [-0.1, -0.05) is 6.07 Å². The molecule has 1 rings (SSSR count). The first-order chi connectivity index (χ1) is 4.70. The smallest absolute Gasteiger partial charge is 0.0528 e. The van der Waals surface area contributed by atoms with E-state index in [9.17, 15) is 0 Å². The van der Waals surface area contributed by atoms with Crippen molar-refractivity contribution < 1.29 is 0 Å². The highest BCUT2D eigenvalue weighted by Gasteiger charge is 1.98. The second-order valence-corrected chi connectivity index (χ2v) is 3.21. The van der Waals surface area contributed by atoms with E-state index in [2.05, 4.69) is 23.7 Å². The summed E-state index contributed by atoms with van der Waals surface area (Å²) in [5.41, 5.74) is 2.23. The van der Waals surface area contributed by atoms with Gasteiger partial charge in [-0.3, -0.25) is 4.98 Å². The summed E-state index contributed by atoms with van der Waals surface area (Å²) < 4.78 is 0. The molecule has 1 heterocycles. The number of aromatic nitrogens is 1. The molecule has 0 spiro atoms. The molecule has 0 saturated carbocycles. The largest absolute Gasteiger partial charge is 0.260 e. The van der Waals surface area contributed by atoms with Gasteiger partial charge in [0, 0.05) is 11.4 Å². The third-order valence-corrected chi connectivity index (χ3v) is 1.63. The monoisotopic (exact) mass is 153 g/mol. The van der Waals surface area contributed by atoms with Gasteiger partial charge in [-0.15, -0.1) is 0 Å². The van der Waals surface area contributed by atoms with Crippen LogP contribution in [0.4, 0.5) is 0 Å². The molecule has 0 N–H and O–H groups in total. The molecule has 0 fully saturated rings. The lowest BCUT2D eigenvalue weighted by Crippen LogP contribution is -1.88. The van der Waals surface area contributed by atoms with Gasteiger partial charge in [0.25, 0.3) is 0 Å².